The van der Waals surface area contributed by atoms with Crippen molar-refractivity contribution in [3.8, 4) is 0 Å². The van der Waals surface area contributed by atoms with Crippen molar-refractivity contribution in [2.75, 3.05) is 13.1 Å². The molecule has 0 radical (unpaired) electrons. The van der Waals surface area contributed by atoms with Gasteiger partial charge in [-0.05, 0) is 54.6 Å². The Labute approximate surface area is 103 Å². The molecule has 0 spiro atoms. The fourth-order valence-electron chi connectivity index (χ4n) is 1.21. The van der Waals surface area contributed by atoms with E-state index in [2.05, 4.69) is 22.6 Å². The van der Waals surface area contributed by atoms with Crippen LogP contribution in [-0.2, 0) is 4.79 Å². The van der Waals surface area contributed by atoms with Crippen LogP contribution in [-0.4, -0.2) is 23.9 Å². The maximum Gasteiger partial charge on any atom is 0.246 e. The molecular formula is C11H14INO2. The topological polar surface area (TPSA) is 33.5 Å². The van der Waals surface area contributed by atoms with Crippen molar-refractivity contribution in [1.29, 1.82) is 0 Å². The lowest BCUT2D eigenvalue weighted by Crippen LogP contribution is -2.28. The van der Waals surface area contributed by atoms with Crippen molar-refractivity contribution in [3.05, 3.63) is 27.7 Å². The minimum Gasteiger partial charge on any atom is -0.451 e. The van der Waals surface area contributed by atoms with Gasteiger partial charge in [0.1, 0.15) is 5.76 Å². The molecule has 4 heteroatoms. The Bertz CT molecular complexity index is 353. The van der Waals surface area contributed by atoms with Gasteiger partial charge in [0.2, 0.25) is 5.91 Å². The van der Waals surface area contributed by atoms with Crippen molar-refractivity contribution in [2.24, 2.45) is 0 Å². The van der Waals surface area contributed by atoms with Crippen molar-refractivity contribution in [3.63, 3.8) is 0 Å². The molecule has 0 fully saturated rings. The quantitative estimate of drug-likeness (QED) is 0.632. The van der Waals surface area contributed by atoms with Gasteiger partial charge in [-0.2, -0.15) is 0 Å². The van der Waals surface area contributed by atoms with Gasteiger partial charge in [-0.3, -0.25) is 4.79 Å². The summed E-state index contributed by atoms with van der Waals surface area (Å²) in [5.74, 6) is 0.728. The molecule has 0 unspecified atom stereocenters. The third-order valence-electron chi connectivity index (χ3n) is 2.06. The van der Waals surface area contributed by atoms with Crippen LogP contribution in [0.25, 0.3) is 6.08 Å². The number of rotatable bonds is 4. The van der Waals surface area contributed by atoms with Crippen LogP contribution in [0.1, 0.15) is 19.6 Å². The summed E-state index contributed by atoms with van der Waals surface area (Å²) in [5, 5.41) is 0. The molecule has 0 aliphatic rings. The second-order valence-electron chi connectivity index (χ2n) is 2.99. The molecule has 1 amide bonds. The first kappa shape index (κ1) is 12.3. The zero-order chi connectivity index (χ0) is 11.3. The molecule has 0 saturated heterocycles. The largest absolute Gasteiger partial charge is 0.451 e. The third kappa shape index (κ3) is 3.70. The summed E-state index contributed by atoms with van der Waals surface area (Å²) < 4.78 is 6.13. The second-order valence-corrected chi connectivity index (χ2v) is 4.05. The molecule has 0 aromatic carbocycles. The van der Waals surface area contributed by atoms with E-state index in [0.29, 0.717) is 5.76 Å². The summed E-state index contributed by atoms with van der Waals surface area (Å²) in [6.07, 6.45) is 3.24. The van der Waals surface area contributed by atoms with E-state index in [1.807, 2.05) is 26.0 Å². The highest BCUT2D eigenvalue weighted by atomic mass is 127. The van der Waals surface area contributed by atoms with Gasteiger partial charge in [0.25, 0.3) is 0 Å². The Morgan fingerprint density at radius 2 is 2.13 bits per heavy atom. The third-order valence-corrected chi connectivity index (χ3v) is 2.64. The molecule has 0 N–H and O–H groups in total. The molecule has 0 aliphatic heterocycles. The summed E-state index contributed by atoms with van der Waals surface area (Å²) in [5.41, 5.74) is 0. The predicted molar refractivity (Wildman–Crippen MR) is 68.4 cm³/mol. The summed E-state index contributed by atoms with van der Waals surface area (Å²) in [6.45, 7) is 5.39. The first-order valence-electron chi connectivity index (χ1n) is 4.89. The number of furan rings is 1. The summed E-state index contributed by atoms with van der Waals surface area (Å²) in [7, 11) is 0. The Kier molecular flexibility index (Phi) is 4.87. The van der Waals surface area contributed by atoms with E-state index in [0.717, 1.165) is 16.9 Å². The predicted octanol–water partition coefficient (Wildman–Crippen LogP) is 2.77. The Balaban J connectivity index is 2.61. The van der Waals surface area contributed by atoms with Gasteiger partial charge in [0.15, 0.2) is 3.77 Å². The molecule has 1 aromatic heterocycles. The van der Waals surface area contributed by atoms with Crippen LogP contribution < -0.4 is 0 Å². The molecule has 1 aromatic rings. The Hall–Kier alpha value is -0.780. The van der Waals surface area contributed by atoms with Crippen molar-refractivity contribution < 1.29 is 9.21 Å². The van der Waals surface area contributed by atoms with E-state index < -0.39 is 0 Å². The van der Waals surface area contributed by atoms with Crippen LogP contribution in [0.3, 0.4) is 0 Å². The molecule has 1 rings (SSSR count). The average Bonchev–Trinajstić information content (AvgIpc) is 2.63. The highest BCUT2D eigenvalue weighted by molar-refractivity contribution is 14.1. The van der Waals surface area contributed by atoms with Gasteiger partial charge < -0.3 is 9.32 Å². The van der Waals surface area contributed by atoms with E-state index in [4.69, 9.17) is 4.42 Å². The highest BCUT2D eigenvalue weighted by Crippen LogP contribution is 2.11. The SMILES string of the molecule is CCN(CC)C(=O)/C=C/c1ccc(I)o1. The molecule has 15 heavy (non-hydrogen) atoms. The number of halogens is 1. The monoisotopic (exact) mass is 319 g/mol. The Morgan fingerprint density at radius 1 is 1.47 bits per heavy atom. The lowest BCUT2D eigenvalue weighted by molar-refractivity contribution is -0.125. The van der Waals surface area contributed by atoms with E-state index in [1.165, 1.54) is 0 Å². The highest BCUT2D eigenvalue weighted by Gasteiger charge is 2.04. The van der Waals surface area contributed by atoms with Crippen LogP contribution in [0.15, 0.2) is 22.6 Å². The zero-order valence-electron chi connectivity index (χ0n) is 8.87. The van der Waals surface area contributed by atoms with Crippen LogP contribution in [0.5, 0.6) is 0 Å². The number of carbonyl (C=O) groups excluding carboxylic acids is 1. The number of carbonyl (C=O) groups is 1. The van der Waals surface area contributed by atoms with Gasteiger partial charge in [0, 0.05) is 19.2 Å². The average molecular weight is 319 g/mol. The smallest absolute Gasteiger partial charge is 0.246 e. The maximum absolute atomic E-state index is 11.6. The summed E-state index contributed by atoms with van der Waals surface area (Å²) >= 11 is 2.09. The van der Waals surface area contributed by atoms with Crippen LogP contribution in [0, 0.1) is 3.77 Å². The van der Waals surface area contributed by atoms with E-state index in [-0.39, 0.29) is 5.91 Å². The lowest BCUT2D eigenvalue weighted by atomic mass is 10.3. The van der Waals surface area contributed by atoms with Crippen LogP contribution >= 0.6 is 22.6 Å². The number of hydrogen-bond acceptors (Lipinski definition) is 2. The van der Waals surface area contributed by atoms with Gasteiger partial charge in [-0.15, -0.1) is 0 Å². The van der Waals surface area contributed by atoms with Crippen LogP contribution in [0.4, 0.5) is 0 Å². The molecule has 0 saturated carbocycles. The first-order chi connectivity index (χ1) is 7.17. The summed E-state index contributed by atoms with van der Waals surface area (Å²) in [6, 6.07) is 3.70. The van der Waals surface area contributed by atoms with Gasteiger partial charge in [-0.1, -0.05) is 0 Å². The fourth-order valence-corrected chi connectivity index (χ4v) is 1.65. The zero-order valence-corrected chi connectivity index (χ0v) is 11.0. The number of hydrogen-bond donors (Lipinski definition) is 0. The molecular weight excluding hydrogens is 305 g/mol. The van der Waals surface area contributed by atoms with Gasteiger partial charge in [0.05, 0.1) is 0 Å². The van der Waals surface area contributed by atoms with Crippen molar-refractivity contribution in [2.45, 2.75) is 13.8 Å². The normalized spacial score (nSPS) is 10.9. The lowest BCUT2D eigenvalue weighted by Gasteiger charge is -2.15. The Morgan fingerprint density at radius 3 is 2.60 bits per heavy atom. The van der Waals surface area contributed by atoms with E-state index in [9.17, 15) is 4.79 Å². The molecule has 1 heterocycles. The second kappa shape index (κ2) is 5.95. The minimum atomic E-state index is 0.0198. The van der Waals surface area contributed by atoms with Gasteiger partial charge >= 0.3 is 0 Å². The van der Waals surface area contributed by atoms with E-state index in [1.54, 1.807) is 17.1 Å². The van der Waals surface area contributed by atoms with Crippen molar-refractivity contribution >= 4 is 34.6 Å². The van der Waals surface area contributed by atoms with Crippen LogP contribution in [0.2, 0.25) is 0 Å². The fraction of sp³-hybridized carbons (Fsp3) is 0.364. The summed E-state index contributed by atoms with van der Waals surface area (Å²) in [4.78, 5) is 13.3. The maximum atomic E-state index is 11.6. The number of amides is 1. The molecule has 0 bridgehead atoms. The van der Waals surface area contributed by atoms with Crippen molar-refractivity contribution in [1.82, 2.24) is 4.90 Å². The van der Waals surface area contributed by atoms with Gasteiger partial charge in [-0.25, -0.2) is 0 Å². The number of likely N-dealkylation sites (N-methyl/N-ethyl adjacent to an activating group) is 1. The van der Waals surface area contributed by atoms with E-state index >= 15 is 0 Å². The molecule has 0 atom stereocenters. The first-order valence-corrected chi connectivity index (χ1v) is 5.97. The molecule has 0 aliphatic carbocycles. The standard InChI is InChI=1S/C11H14INO2/c1-3-13(4-2)11(14)8-6-9-5-7-10(12)15-9/h5-8H,3-4H2,1-2H3/b8-6+. The molecule has 82 valence electrons. The molecule has 3 nitrogen and oxygen atoms in total. The number of nitrogens with zero attached hydrogens (tertiary/aromatic N) is 1. The minimum absolute atomic E-state index is 0.0198.